The van der Waals surface area contributed by atoms with Crippen LogP contribution in [0.2, 0.25) is 0 Å². The number of carbonyl (C=O) groups is 2. The summed E-state index contributed by atoms with van der Waals surface area (Å²) in [7, 11) is 0. The lowest BCUT2D eigenvalue weighted by atomic mass is 9.72. The zero-order chi connectivity index (χ0) is 15.7. The van der Waals surface area contributed by atoms with Crippen molar-refractivity contribution in [1.82, 2.24) is 4.90 Å². The lowest BCUT2D eigenvalue weighted by molar-refractivity contribution is -0.236. The van der Waals surface area contributed by atoms with Gasteiger partial charge in [0, 0.05) is 13.1 Å². The van der Waals surface area contributed by atoms with Gasteiger partial charge in [0.1, 0.15) is 5.41 Å². The maximum Gasteiger partial charge on any atom is 0.403 e. The maximum atomic E-state index is 13.5. The number of carboxylic acid groups (broad SMARTS) is 1. The van der Waals surface area contributed by atoms with Gasteiger partial charge >= 0.3 is 12.1 Å². The van der Waals surface area contributed by atoms with Crippen LogP contribution in [0.15, 0.2) is 0 Å². The number of hydrogen-bond acceptors (Lipinski definition) is 2. The zero-order valence-corrected chi connectivity index (χ0v) is 11.8. The Hall–Kier alpha value is -1.27. The van der Waals surface area contributed by atoms with E-state index in [1.807, 2.05) is 0 Å². The minimum absolute atomic E-state index is 0.105. The molecule has 1 N–H and O–H groups in total. The summed E-state index contributed by atoms with van der Waals surface area (Å²) < 4.78 is 40.4. The first-order chi connectivity index (χ1) is 9.78. The van der Waals surface area contributed by atoms with Crippen LogP contribution in [0.25, 0.3) is 0 Å². The van der Waals surface area contributed by atoms with E-state index in [4.69, 9.17) is 5.11 Å². The highest BCUT2D eigenvalue weighted by Crippen LogP contribution is 2.50. The van der Waals surface area contributed by atoms with Gasteiger partial charge in [-0.2, -0.15) is 13.2 Å². The molecule has 7 heteroatoms. The Labute approximate surface area is 121 Å². The lowest BCUT2D eigenvalue weighted by Gasteiger charge is -2.42. The molecule has 2 fully saturated rings. The molecule has 4 nitrogen and oxygen atoms in total. The van der Waals surface area contributed by atoms with Crippen molar-refractivity contribution < 1.29 is 27.9 Å². The average molecular weight is 307 g/mol. The molecule has 2 rings (SSSR count). The first kappa shape index (κ1) is 16.1. The Morgan fingerprint density at radius 1 is 1.05 bits per heavy atom. The monoisotopic (exact) mass is 307 g/mol. The van der Waals surface area contributed by atoms with Crippen LogP contribution in [0.1, 0.15) is 44.9 Å². The minimum atomic E-state index is -4.53. The second kappa shape index (κ2) is 5.85. The van der Waals surface area contributed by atoms with Crippen LogP contribution in [0, 0.1) is 11.3 Å². The van der Waals surface area contributed by atoms with E-state index in [1.54, 1.807) is 0 Å². The molecule has 1 aliphatic heterocycles. The highest BCUT2D eigenvalue weighted by Gasteiger charge is 2.61. The van der Waals surface area contributed by atoms with Crippen molar-refractivity contribution in [3.63, 3.8) is 0 Å². The minimum Gasteiger partial charge on any atom is -0.481 e. The molecule has 120 valence electrons. The van der Waals surface area contributed by atoms with Crippen molar-refractivity contribution in [2.45, 2.75) is 51.1 Å². The SMILES string of the molecule is O=C(O)C1CCN(C(=O)C2(C(F)(F)F)CCCCC2)CC1. The van der Waals surface area contributed by atoms with Crippen molar-refractivity contribution in [2.75, 3.05) is 13.1 Å². The Morgan fingerprint density at radius 2 is 1.57 bits per heavy atom. The summed E-state index contributed by atoms with van der Waals surface area (Å²) in [5, 5.41) is 8.91. The van der Waals surface area contributed by atoms with E-state index >= 15 is 0 Å². The third kappa shape index (κ3) is 3.01. The molecule has 0 spiro atoms. The number of halogens is 3. The van der Waals surface area contributed by atoms with Gasteiger partial charge in [0.2, 0.25) is 5.91 Å². The Kier molecular flexibility index (Phi) is 4.49. The number of likely N-dealkylation sites (tertiary alicyclic amines) is 1. The first-order valence-corrected chi connectivity index (χ1v) is 7.37. The predicted molar refractivity (Wildman–Crippen MR) is 68.5 cm³/mol. The number of amides is 1. The molecule has 1 aliphatic carbocycles. The fourth-order valence-corrected chi connectivity index (χ4v) is 3.41. The summed E-state index contributed by atoms with van der Waals surface area (Å²) in [5.74, 6) is -2.34. The number of carboxylic acids is 1. The van der Waals surface area contributed by atoms with Crippen LogP contribution in [-0.2, 0) is 9.59 Å². The maximum absolute atomic E-state index is 13.5. The normalized spacial score (nSPS) is 23.9. The highest BCUT2D eigenvalue weighted by molar-refractivity contribution is 5.84. The first-order valence-electron chi connectivity index (χ1n) is 7.37. The number of rotatable bonds is 2. The highest BCUT2D eigenvalue weighted by atomic mass is 19.4. The van der Waals surface area contributed by atoms with Crippen molar-refractivity contribution in [1.29, 1.82) is 0 Å². The van der Waals surface area contributed by atoms with Gasteiger partial charge < -0.3 is 10.0 Å². The molecule has 0 atom stereocenters. The number of carbonyl (C=O) groups excluding carboxylic acids is 1. The van der Waals surface area contributed by atoms with Crippen LogP contribution in [-0.4, -0.2) is 41.1 Å². The van der Waals surface area contributed by atoms with Crippen LogP contribution in [0.5, 0.6) is 0 Å². The van der Waals surface area contributed by atoms with Crippen molar-refractivity contribution >= 4 is 11.9 Å². The molecule has 0 aromatic heterocycles. The fourth-order valence-electron chi connectivity index (χ4n) is 3.41. The number of aliphatic carboxylic acids is 1. The van der Waals surface area contributed by atoms with Gasteiger partial charge in [-0.3, -0.25) is 9.59 Å². The molecule has 1 saturated heterocycles. The van der Waals surface area contributed by atoms with Gasteiger partial charge in [0.15, 0.2) is 0 Å². The van der Waals surface area contributed by atoms with E-state index in [0.29, 0.717) is 12.8 Å². The third-order valence-corrected chi connectivity index (χ3v) is 4.79. The largest absolute Gasteiger partial charge is 0.481 e. The molecule has 1 amide bonds. The summed E-state index contributed by atoms with van der Waals surface area (Å²) in [5.41, 5.74) is -2.25. The Bertz CT molecular complexity index is 408. The van der Waals surface area contributed by atoms with Crippen molar-refractivity contribution in [3.8, 4) is 0 Å². The predicted octanol–water partition coefficient (Wildman–Crippen LogP) is 2.82. The van der Waals surface area contributed by atoms with E-state index in [9.17, 15) is 22.8 Å². The van der Waals surface area contributed by atoms with Crippen molar-refractivity contribution in [3.05, 3.63) is 0 Å². The average Bonchev–Trinajstić information content (AvgIpc) is 2.46. The van der Waals surface area contributed by atoms with E-state index in [-0.39, 0.29) is 38.8 Å². The van der Waals surface area contributed by atoms with Crippen LogP contribution >= 0.6 is 0 Å². The molecule has 1 saturated carbocycles. The third-order valence-electron chi connectivity index (χ3n) is 4.79. The van der Waals surface area contributed by atoms with E-state index in [0.717, 1.165) is 6.42 Å². The summed E-state index contributed by atoms with van der Waals surface area (Å²) >= 11 is 0. The van der Waals surface area contributed by atoms with Crippen molar-refractivity contribution in [2.24, 2.45) is 11.3 Å². The van der Waals surface area contributed by atoms with E-state index in [2.05, 4.69) is 0 Å². The standard InChI is InChI=1S/C14H20F3NO3/c15-14(16,17)13(6-2-1-3-7-13)12(21)18-8-4-10(5-9-18)11(19)20/h10H,1-9H2,(H,19,20). The topological polar surface area (TPSA) is 57.6 Å². The molecule has 21 heavy (non-hydrogen) atoms. The van der Waals surface area contributed by atoms with Gasteiger partial charge in [-0.1, -0.05) is 19.3 Å². The van der Waals surface area contributed by atoms with Gasteiger partial charge in [-0.25, -0.2) is 0 Å². The van der Waals surface area contributed by atoms with Crippen LogP contribution in [0.4, 0.5) is 13.2 Å². The number of piperidine rings is 1. The quantitative estimate of drug-likeness (QED) is 0.853. The number of nitrogens with zero attached hydrogens (tertiary/aromatic N) is 1. The Morgan fingerprint density at radius 3 is 2.00 bits per heavy atom. The van der Waals surface area contributed by atoms with Gasteiger partial charge in [-0.15, -0.1) is 0 Å². The summed E-state index contributed by atoms with van der Waals surface area (Å²) in [6.07, 6.45) is -2.81. The second-order valence-corrected chi connectivity index (χ2v) is 6.05. The zero-order valence-electron chi connectivity index (χ0n) is 11.8. The van der Waals surface area contributed by atoms with Gasteiger partial charge in [-0.05, 0) is 25.7 Å². The molecule has 2 aliphatic rings. The van der Waals surface area contributed by atoms with Crippen LogP contribution < -0.4 is 0 Å². The van der Waals surface area contributed by atoms with Crippen LogP contribution in [0.3, 0.4) is 0 Å². The van der Waals surface area contributed by atoms with E-state index in [1.165, 1.54) is 4.90 Å². The molecule has 0 aromatic rings. The summed E-state index contributed by atoms with van der Waals surface area (Å²) in [6.45, 7) is 0.210. The smallest absolute Gasteiger partial charge is 0.403 e. The molecule has 0 bridgehead atoms. The van der Waals surface area contributed by atoms with Gasteiger partial charge in [0.25, 0.3) is 0 Å². The molecule has 0 radical (unpaired) electrons. The summed E-state index contributed by atoms with van der Waals surface area (Å²) in [4.78, 5) is 24.5. The molecule has 0 unspecified atom stereocenters. The molecule has 1 heterocycles. The molecule has 0 aromatic carbocycles. The fraction of sp³-hybridized carbons (Fsp3) is 0.857. The number of alkyl halides is 3. The Balaban J connectivity index is 2.11. The number of hydrogen-bond donors (Lipinski definition) is 1. The lowest BCUT2D eigenvalue weighted by Crippen LogP contribution is -2.55. The van der Waals surface area contributed by atoms with Gasteiger partial charge in [0.05, 0.1) is 5.92 Å². The second-order valence-electron chi connectivity index (χ2n) is 6.05. The summed E-state index contributed by atoms with van der Waals surface area (Å²) in [6, 6.07) is 0. The van der Waals surface area contributed by atoms with E-state index < -0.39 is 29.4 Å². The molecular formula is C14H20F3NO3. The molecular weight excluding hydrogens is 287 g/mol.